The topological polar surface area (TPSA) is 90.9 Å². The summed E-state index contributed by atoms with van der Waals surface area (Å²) in [5.74, 6) is 0.363. The molecule has 18 heavy (non-hydrogen) atoms. The van der Waals surface area contributed by atoms with Gasteiger partial charge < -0.3 is 0 Å². The second-order valence-electron chi connectivity index (χ2n) is 3.57. The van der Waals surface area contributed by atoms with Crippen molar-refractivity contribution in [2.45, 2.75) is 5.16 Å². The molecule has 0 aliphatic carbocycles. The fraction of sp³-hybridized carbons (Fsp3) is 0.111. The van der Waals surface area contributed by atoms with Crippen LogP contribution in [-0.2, 0) is 17.1 Å². The van der Waals surface area contributed by atoms with Gasteiger partial charge in [0.05, 0.1) is 0 Å². The molecule has 0 aliphatic rings. The molecule has 6 nitrogen and oxygen atoms in total. The zero-order chi connectivity index (χ0) is 13.5. The molecule has 0 amide bonds. The highest BCUT2D eigenvalue weighted by Crippen LogP contribution is 2.26. The summed E-state index contributed by atoms with van der Waals surface area (Å²) >= 11 is 9.21. The van der Waals surface area contributed by atoms with E-state index < -0.39 is 10.0 Å². The van der Waals surface area contributed by atoms with Gasteiger partial charge in [-0.25, -0.2) is 13.6 Å². The Labute approximate surface area is 117 Å². The lowest BCUT2D eigenvalue weighted by atomic mass is 10.2. The summed E-state index contributed by atoms with van der Waals surface area (Å²) in [5.41, 5.74) is 0.638. The Morgan fingerprint density at radius 3 is 2.50 bits per heavy atom. The van der Waals surface area contributed by atoms with Crippen LogP contribution in [0.15, 0.2) is 27.8 Å². The molecule has 1 aromatic heterocycles. The molecular weight excluding hydrogens is 344 g/mol. The average Bonchev–Trinajstić information content (AvgIpc) is 2.57. The van der Waals surface area contributed by atoms with Gasteiger partial charge in [0.2, 0.25) is 0 Å². The van der Waals surface area contributed by atoms with Gasteiger partial charge in [-0.15, -0.1) is 10.2 Å². The molecule has 1 heterocycles. The zero-order valence-corrected chi connectivity index (χ0v) is 12.3. The van der Waals surface area contributed by atoms with Crippen LogP contribution in [0, 0.1) is 0 Å². The maximum atomic E-state index is 11.3. The second kappa shape index (κ2) is 4.61. The fourth-order valence-corrected chi connectivity index (χ4v) is 2.98. The molecule has 0 fully saturated rings. The van der Waals surface area contributed by atoms with Crippen LogP contribution in [0.5, 0.6) is 0 Å². The summed E-state index contributed by atoms with van der Waals surface area (Å²) < 4.78 is 24.6. The van der Waals surface area contributed by atoms with Gasteiger partial charge in [0.15, 0.2) is 5.82 Å². The van der Waals surface area contributed by atoms with Gasteiger partial charge >= 0.3 is 0 Å². The average molecular weight is 352 g/mol. The van der Waals surface area contributed by atoms with E-state index in [4.69, 9.17) is 16.7 Å². The lowest BCUT2D eigenvalue weighted by Crippen LogP contribution is -2.17. The third-order valence-corrected chi connectivity index (χ3v) is 3.75. The van der Waals surface area contributed by atoms with Crippen molar-refractivity contribution >= 4 is 37.6 Å². The third kappa shape index (κ3) is 2.56. The van der Waals surface area contributed by atoms with Crippen molar-refractivity contribution in [2.24, 2.45) is 12.2 Å². The summed E-state index contributed by atoms with van der Waals surface area (Å²) in [6.45, 7) is 0. The number of benzene rings is 1. The van der Waals surface area contributed by atoms with Gasteiger partial charge in [0.25, 0.3) is 15.2 Å². The van der Waals surface area contributed by atoms with Gasteiger partial charge in [-0.3, -0.25) is 4.57 Å². The van der Waals surface area contributed by atoms with Crippen LogP contribution in [0.1, 0.15) is 0 Å². The van der Waals surface area contributed by atoms with Crippen molar-refractivity contribution in [2.75, 3.05) is 0 Å². The molecule has 0 saturated carbocycles. The predicted octanol–water partition coefficient (Wildman–Crippen LogP) is 1.55. The van der Waals surface area contributed by atoms with Crippen LogP contribution in [-0.4, -0.2) is 23.2 Å². The summed E-state index contributed by atoms with van der Waals surface area (Å²) in [5, 5.41) is 12.6. The Morgan fingerprint density at radius 1 is 1.33 bits per heavy atom. The standard InChI is InChI=1S/C9H8BrClN4O2S/c1-15-8(13-14-9(15)18(12,16)17)5-2-6(10)4-7(11)3-5/h2-4H,1H3,(H2,12,16,17). The summed E-state index contributed by atoms with van der Waals surface area (Å²) in [6.07, 6.45) is 0. The Kier molecular flexibility index (Phi) is 3.45. The lowest BCUT2D eigenvalue weighted by molar-refractivity contribution is 0.580. The smallest absolute Gasteiger partial charge is 0.273 e. The van der Waals surface area contributed by atoms with E-state index in [2.05, 4.69) is 26.1 Å². The van der Waals surface area contributed by atoms with Gasteiger partial charge in [-0.05, 0) is 18.2 Å². The number of nitrogens with two attached hydrogens (primary N) is 1. The fourth-order valence-electron chi connectivity index (χ4n) is 1.50. The molecule has 2 N–H and O–H groups in total. The summed E-state index contributed by atoms with van der Waals surface area (Å²) in [7, 11) is -2.38. The van der Waals surface area contributed by atoms with Crippen molar-refractivity contribution in [3.63, 3.8) is 0 Å². The monoisotopic (exact) mass is 350 g/mol. The Balaban J connectivity index is 2.63. The molecule has 0 radical (unpaired) electrons. The first-order chi connectivity index (χ1) is 8.29. The Hall–Kier alpha value is -0.960. The van der Waals surface area contributed by atoms with Crippen molar-refractivity contribution in [3.8, 4) is 11.4 Å². The molecular formula is C9H8BrClN4O2S. The van der Waals surface area contributed by atoms with Crippen LogP contribution in [0.2, 0.25) is 5.02 Å². The summed E-state index contributed by atoms with van der Waals surface area (Å²) in [4.78, 5) is 0. The third-order valence-electron chi connectivity index (χ3n) is 2.21. The largest absolute Gasteiger partial charge is 0.300 e. The van der Waals surface area contributed by atoms with Crippen LogP contribution in [0.4, 0.5) is 0 Å². The van der Waals surface area contributed by atoms with E-state index in [1.54, 1.807) is 18.2 Å². The van der Waals surface area contributed by atoms with Crippen LogP contribution >= 0.6 is 27.5 Å². The van der Waals surface area contributed by atoms with Gasteiger partial charge in [-0.1, -0.05) is 27.5 Å². The number of sulfonamides is 1. The minimum atomic E-state index is -3.90. The molecule has 0 spiro atoms. The van der Waals surface area contributed by atoms with Crippen molar-refractivity contribution < 1.29 is 8.42 Å². The van der Waals surface area contributed by atoms with E-state index in [-0.39, 0.29) is 5.16 Å². The first kappa shape index (κ1) is 13.5. The Morgan fingerprint density at radius 2 is 2.00 bits per heavy atom. The van der Waals surface area contributed by atoms with Crippen LogP contribution in [0.25, 0.3) is 11.4 Å². The molecule has 0 saturated heterocycles. The van der Waals surface area contributed by atoms with Gasteiger partial charge in [-0.2, -0.15) is 0 Å². The first-order valence-corrected chi connectivity index (χ1v) is 7.39. The highest BCUT2D eigenvalue weighted by atomic mass is 79.9. The van der Waals surface area contributed by atoms with Gasteiger partial charge in [0, 0.05) is 22.1 Å². The molecule has 96 valence electrons. The lowest BCUT2D eigenvalue weighted by Gasteiger charge is -2.04. The number of rotatable bonds is 2. The maximum absolute atomic E-state index is 11.3. The minimum absolute atomic E-state index is 0.298. The van der Waals surface area contributed by atoms with E-state index in [1.165, 1.54) is 11.6 Å². The van der Waals surface area contributed by atoms with Gasteiger partial charge in [0.1, 0.15) is 0 Å². The Bertz CT molecular complexity index is 693. The van der Waals surface area contributed by atoms with Crippen molar-refractivity contribution in [1.82, 2.24) is 14.8 Å². The molecule has 2 aromatic rings. The highest BCUT2D eigenvalue weighted by Gasteiger charge is 2.19. The van der Waals surface area contributed by atoms with E-state index >= 15 is 0 Å². The number of nitrogens with zero attached hydrogens (tertiary/aromatic N) is 3. The van der Waals surface area contributed by atoms with E-state index in [9.17, 15) is 8.42 Å². The zero-order valence-electron chi connectivity index (χ0n) is 9.13. The molecule has 9 heteroatoms. The molecule has 2 rings (SSSR count). The number of hydrogen-bond acceptors (Lipinski definition) is 4. The van der Waals surface area contributed by atoms with E-state index in [1.807, 2.05) is 0 Å². The minimum Gasteiger partial charge on any atom is -0.300 e. The quantitative estimate of drug-likeness (QED) is 0.888. The highest BCUT2D eigenvalue weighted by molar-refractivity contribution is 9.10. The number of aromatic nitrogens is 3. The predicted molar refractivity (Wildman–Crippen MR) is 70.5 cm³/mol. The van der Waals surface area contributed by atoms with E-state index in [0.717, 1.165) is 4.47 Å². The first-order valence-electron chi connectivity index (χ1n) is 4.67. The maximum Gasteiger partial charge on any atom is 0.273 e. The molecule has 0 unspecified atom stereocenters. The number of halogens is 2. The molecule has 0 atom stereocenters. The van der Waals surface area contributed by atoms with E-state index in [0.29, 0.717) is 16.4 Å². The second-order valence-corrected chi connectivity index (χ2v) is 6.38. The molecule has 0 aliphatic heterocycles. The normalized spacial score (nSPS) is 11.8. The van der Waals surface area contributed by atoms with Crippen LogP contribution < -0.4 is 5.14 Å². The van der Waals surface area contributed by atoms with Crippen molar-refractivity contribution in [1.29, 1.82) is 0 Å². The van der Waals surface area contributed by atoms with Crippen molar-refractivity contribution in [3.05, 3.63) is 27.7 Å². The van der Waals surface area contributed by atoms with Crippen LogP contribution in [0.3, 0.4) is 0 Å². The summed E-state index contributed by atoms with van der Waals surface area (Å²) in [6, 6.07) is 5.12. The number of primary sulfonamides is 1. The number of hydrogen-bond donors (Lipinski definition) is 1. The molecule has 1 aromatic carbocycles. The SMILES string of the molecule is Cn1c(-c2cc(Cl)cc(Br)c2)nnc1S(N)(=O)=O. The molecule has 0 bridgehead atoms.